The van der Waals surface area contributed by atoms with Crippen LogP contribution in [0.4, 0.5) is 0 Å². The summed E-state index contributed by atoms with van der Waals surface area (Å²) in [7, 11) is 0. The molecule has 0 aromatic carbocycles. The average molecular weight is 232 g/mol. The Bertz CT molecular complexity index is 323. The second-order valence-corrected chi connectivity index (χ2v) is 5.35. The number of rotatable bonds is 4. The van der Waals surface area contributed by atoms with Crippen LogP contribution in [0.5, 0.6) is 0 Å². The molecule has 1 saturated carbocycles. The van der Waals surface area contributed by atoms with E-state index < -0.39 is 0 Å². The van der Waals surface area contributed by atoms with Crippen LogP contribution in [0, 0.1) is 11.8 Å². The summed E-state index contributed by atoms with van der Waals surface area (Å²) in [5, 5.41) is 0. The quantitative estimate of drug-likeness (QED) is 0.866. The molecular formula is C15H24N2. The van der Waals surface area contributed by atoms with Gasteiger partial charge in [0.2, 0.25) is 0 Å². The molecule has 0 saturated heterocycles. The number of hydrogen-bond donors (Lipinski definition) is 1. The topological polar surface area (TPSA) is 38.9 Å². The molecule has 0 amide bonds. The molecule has 1 heterocycles. The van der Waals surface area contributed by atoms with E-state index in [4.69, 9.17) is 5.73 Å². The minimum Gasteiger partial charge on any atom is -0.327 e. The van der Waals surface area contributed by atoms with Crippen molar-refractivity contribution in [3.63, 3.8) is 0 Å². The standard InChI is InChI=1S/C15H24N2/c1-2-13-7-3-4-8-14(13)15(16)10-12-6-5-9-17-11-12/h5-6,9,11,13-15H,2-4,7-8,10,16H2,1H3. The highest BCUT2D eigenvalue weighted by Crippen LogP contribution is 2.34. The third kappa shape index (κ3) is 3.29. The van der Waals surface area contributed by atoms with E-state index in [1.165, 1.54) is 37.7 Å². The molecule has 2 N–H and O–H groups in total. The van der Waals surface area contributed by atoms with Crippen molar-refractivity contribution in [2.24, 2.45) is 17.6 Å². The molecule has 94 valence electrons. The molecule has 1 aromatic rings. The normalized spacial score (nSPS) is 26.7. The highest BCUT2D eigenvalue weighted by molar-refractivity contribution is 5.10. The van der Waals surface area contributed by atoms with Crippen LogP contribution in [-0.4, -0.2) is 11.0 Å². The molecule has 1 aliphatic carbocycles. The number of nitrogens with two attached hydrogens (primary N) is 1. The van der Waals surface area contributed by atoms with Crippen molar-refractivity contribution >= 4 is 0 Å². The molecule has 0 spiro atoms. The van der Waals surface area contributed by atoms with E-state index in [1.807, 2.05) is 18.5 Å². The van der Waals surface area contributed by atoms with Gasteiger partial charge in [0, 0.05) is 18.4 Å². The van der Waals surface area contributed by atoms with Crippen LogP contribution in [0.2, 0.25) is 0 Å². The van der Waals surface area contributed by atoms with Crippen molar-refractivity contribution in [3.05, 3.63) is 30.1 Å². The summed E-state index contributed by atoms with van der Waals surface area (Å²) in [6.45, 7) is 2.31. The first-order chi connectivity index (χ1) is 8.31. The van der Waals surface area contributed by atoms with E-state index in [2.05, 4.69) is 18.0 Å². The molecule has 2 heteroatoms. The zero-order valence-corrected chi connectivity index (χ0v) is 10.8. The van der Waals surface area contributed by atoms with Crippen molar-refractivity contribution < 1.29 is 0 Å². The Morgan fingerprint density at radius 3 is 2.94 bits per heavy atom. The number of nitrogens with zero attached hydrogens (tertiary/aromatic N) is 1. The molecule has 1 aromatic heterocycles. The molecule has 17 heavy (non-hydrogen) atoms. The highest BCUT2D eigenvalue weighted by Gasteiger charge is 2.28. The van der Waals surface area contributed by atoms with Crippen LogP contribution in [-0.2, 0) is 6.42 Å². The Kier molecular flexibility index (Phi) is 4.55. The van der Waals surface area contributed by atoms with E-state index in [1.54, 1.807) is 0 Å². The summed E-state index contributed by atoms with van der Waals surface area (Å²) >= 11 is 0. The third-order valence-corrected chi connectivity index (χ3v) is 4.24. The van der Waals surface area contributed by atoms with Gasteiger partial charge in [0.15, 0.2) is 0 Å². The Morgan fingerprint density at radius 1 is 1.41 bits per heavy atom. The largest absolute Gasteiger partial charge is 0.327 e. The van der Waals surface area contributed by atoms with Gasteiger partial charge in [-0.2, -0.15) is 0 Å². The maximum Gasteiger partial charge on any atom is 0.0300 e. The summed E-state index contributed by atoms with van der Waals surface area (Å²) in [5.41, 5.74) is 7.70. The van der Waals surface area contributed by atoms with Crippen LogP contribution >= 0.6 is 0 Å². The first-order valence-electron chi connectivity index (χ1n) is 6.95. The molecule has 2 rings (SSSR count). The van der Waals surface area contributed by atoms with Crippen LogP contribution < -0.4 is 5.73 Å². The third-order valence-electron chi connectivity index (χ3n) is 4.24. The summed E-state index contributed by atoms with van der Waals surface area (Å²) < 4.78 is 0. The van der Waals surface area contributed by atoms with Gasteiger partial charge in [-0.3, -0.25) is 4.98 Å². The van der Waals surface area contributed by atoms with Crippen LogP contribution in [0.15, 0.2) is 24.5 Å². The summed E-state index contributed by atoms with van der Waals surface area (Å²) in [6, 6.07) is 4.45. The molecular weight excluding hydrogens is 208 g/mol. The van der Waals surface area contributed by atoms with Gasteiger partial charge in [-0.1, -0.05) is 38.7 Å². The van der Waals surface area contributed by atoms with Gasteiger partial charge in [0.25, 0.3) is 0 Å². The molecule has 2 nitrogen and oxygen atoms in total. The summed E-state index contributed by atoms with van der Waals surface area (Å²) in [6.07, 6.45) is 11.5. The van der Waals surface area contributed by atoms with E-state index in [0.717, 1.165) is 12.3 Å². The summed E-state index contributed by atoms with van der Waals surface area (Å²) in [4.78, 5) is 4.17. The minimum absolute atomic E-state index is 0.310. The first-order valence-corrected chi connectivity index (χ1v) is 6.95. The lowest BCUT2D eigenvalue weighted by Gasteiger charge is -2.35. The molecule has 0 aliphatic heterocycles. The molecule has 3 unspecified atom stereocenters. The fraction of sp³-hybridized carbons (Fsp3) is 0.667. The molecule has 1 aliphatic rings. The van der Waals surface area contributed by atoms with Gasteiger partial charge < -0.3 is 5.73 Å². The second kappa shape index (κ2) is 6.15. The van der Waals surface area contributed by atoms with E-state index in [0.29, 0.717) is 12.0 Å². The van der Waals surface area contributed by atoms with Crippen LogP contribution in [0.3, 0.4) is 0 Å². The van der Waals surface area contributed by atoms with Crippen molar-refractivity contribution in [1.29, 1.82) is 0 Å². The lowest BCUT2D eigenvalue weighted by molar-refractivity contribution is 0.195. The smallest absolute Gasteiger partial charge is 0.0300 e. The zero-order chi connectivity index (χ0) is 12.1. The minimum atomic E-state index is 0.310. The van der Waals surface area contributed by atoms with Gasteiger partial charge in [0.1, 0.15) is 0 Å². The predicted octanol–water partition coefficient (Wildman–Crippen LogP) is 3.17. The Labute approximate surface area is 105 Å². The first kappa shape index (κ1) is 12.6. The van der Waals surface area contributed by atoms with Gasteiger partial charge in [-0.05, 0) is 36.3 Å². The van der Waals surface area contributed by atoms with Gasteiger partial charge >= 0.3 is 0 Å². The number of pyridine rings is 1. The SMILES string of the molecule is CCC1CCCCC1C(N)Cc1cccnc1. The van der Waals surface area contributed by atoms with Crippen molar-refractivity contribution in [2.45, 2.75) is 51.5 Å². The Hall–Kier alpha value is -0.890. The fourth-order valence-electron chi connectivity index (χ4n) is 3.25. The molecule has 1 fully saturated rings. The van der Waals surface area contributed by atoms with Crippen LogP contribution in [0.1, 0.15) is 44.6 Å². The van der Waals surface area contributed by atoms with Crippen molar-refractivity contribution in [2.75, 3.05) is 0 Å². The maximum atomic E-state index is 6.42. The van der Waals surface area contributed by atoms with Gasteiger partial charge in [-0.15, -0.1) is 0 Å². The summed E-state index contributed by atoms with van der Waals surface area (Å²) in [5.74, 6) is 1.56. The number of hydrogen-bond acceptors (Lipinski definition) is 2. The van der Waals surface area contributed by atoms with Gasteiger partial charge in [-0.25, -0.2) is 0 Å². The van der Waals surface area contributed by atoms with Crippen molar-refractivity contribution in [3.8, 4) is 0 Å². The van der Waals surface area contributed by atoms with Crippen molar-refractivity contribution in [1.82, 2.24) is 4.98 Å². The molecule has 0 radical (unpaired) electrons. The zero-order valence-electron chi connectivity index (χ0n) is 10.8. The predicted molar refractivity (Wildman–Crippen MR) is 71.7 cm³/mol. The average Bonchev–Trinajstić information content (AvgIpc) is 2.40. The maximum absolute atomic E-state index is 6.42. The van der Waals surface area contributed by atoms with E-state index in [-0.39, 0.29) is 0 Å². The van der Waals surface area contributed by atoms with Crippen LogP contribution in [0.25, 0.3) is 0 Å². The van der Waals surface area contributed by atoms with Gasteiger partial charge in [0.05, 0.1) is 0 Å². The second-order valence-electron chi connectivity index (χ2n) is 5.35. The highest BCUT2D eigenvalue weighted by atomic mass is 14.7. The van der Waals surface area contributed by atoms with E-state index >= 15 is 0 Å². The molecule has 3 atom stereocenters. The fourth-order valence-corrected chi connectivity index (χ4v) is 3.25. The molecule has 0 bridgehead atoms. The lowest BCUT2D eigenvalue weighted by atomic mass is 9.73. The van der Waals surface area contributed by atoms with E-state index in [9.17, 15) is 0 Å². The number of aromatic nitrogens is 1. The monoisotopic (exact) mass is 232 g/mol. The Balaban J connectivity index is 1.96. The lowest BCUT2D eigenvalue weighted by Crippen LogP contribution is -2.38. The Morgan fingerprint density at radius 2 is 2.24 bits per heavy atom.